The first-order valence-electron chi connectivity index (χ1n) is 43.7. The van der Waals surface area contributed by atoms with Gasteiger partial charge in [-0.2, -0.15) is 0 Å². The highest BCUT2D eigenvalue weighted by atomic mass is 16.3. The Labute approximate surface area is 730 Å². The summed E-state index contributed by atoms with van der Waals surface area (Å²) in [5.74, 6) is 0. The van der Waals surface area contributed by atoms with Gasteiger partial charge in [0.05, 0.1) is 22.1 Å². The average molecular weight is 1610 g/mol. The highest BCUT2D eigenvalue weighted by Crippen LogP contribution is 2.55. The van der Waals surface area contributed by atoms with Gasteiger partial charge < -0.3 is 27.8 Å². The summed E-state index contributed by atoms with van der Waals surface area (Å²) in [6, 6.07) is 156. The minimum Gasteiger partial charge on any atom is -0.455 e. The molecule has 6 nitrogen and oxygen atoms in total. The van der Waals surface area contributed by atoms with Gasteiger partial charge in [-0.1, -0.05) is 295 Å². The molecular weight excluding hydrogens is 1530 g/mol. The molecule has 0 atom stereocenters. The number of aromatic nitrogens is 2. The van der Waals surface area contributed by atoms with E-state index in [-0.39, 0.29) is 10.8 Å². The molecule has 0 bridgehead atoms. The van der Waals surface area contributed by atoms with E-state index in [0.29, 0.717) is 0 Å². The van der Waals surface area contributed by atoms with E-state index in [1.165, 1.54) is 105 Å². The molecule has 0 radical (unpaired) electrons. The summed E-state index contributed by atoms with van der Waals surface area (Å²) in [5, 5.41) is 9.40. The van der Waals surface area contributed by atoms with Crippen LogP contribution in [0.4, 0.5) is 34.1 Å². The van der Waals surface area contributed by atoms with E-state index < -0.39 is 0 Å². The summed E-state index contributed by atoms with van der Waals surface area (Å²) >= 11 is 0. The molecule has 0 amide bonds. The molecule has 0 spiro atoms. The average Bonchev–Trinajstić information content (AvgIpc) is 1.56. The van der Waals surface area contributed by atoms with Crippen molar-refractivity contribution in [3.8, 4) is 100 Å². The van der Waals surface area contributed by atoms with Gasteiger partial charge in [0.2, 0.25) is 0 Å². The molecule has 0 N–H and O–H groups in total. The van der Waals surface area contributed by atoms with Crippen LogP contribution in [0.2, 0.25) is 0 Å². The number of rotatable bonds is 14. The van der Waals surface area contributed by atoms with Crippen molar-refractivity contribution in [2.75, 3.05) is 9.80 Å². The van der Waals surface area contributed by atoms with Crippen LogP contribution in [0.3, 0.4) is 0 Å². The van der Waals surface area contributed by atoms with Crippen LogP contribution in [-0.4, -0.2) is 9.13 Å². The van der Waals surface area contributed by atoms with Crippen molar-refractivity contribution in [2.45, 2.75) is 38.5 Å². The fourth-order valence-corrected chi connectivity index (χ4v) is 21.0. The monoisotopic (exact) mass is 1610 g/mol. The zero-order valence-corrected chi connectivity index (χ0v) is 70.0. The van der Waals surface area contributed by atoms with E-state index in [1.807, 2.05) is 6.07 Å². The zero-order valence-electron chi connectivity index (χ0n) is 70.0. The molecule has 594 valence electrons. The summed E-state index contributed by atoms with van der Waals surface area (Å²) in [6.45, 7) is 9.55. The third kappa shape index (κ3) is 11.5. The second kappa shape index (κ2) is 28.3. The Bertz CT molecular complexity index is 8260. The second-order valence-corrected chi connectivity index (χ2v) is 35.1. The first-order valence-corrected chi connectivity index (χ1v) is 43.7. The lowest BCUT2D eigenvalue weighted by molar-refractivity contribution is 0.660. The first-order chi connectivity index (χ1) is 61.9. The maximum atomic E-state index is 6.98. The Morgan fingerprint density at radius 1 is 0.190 bits per heavy atom. The topological polar surface area (TPSA) is 42.6 Å². The van der Waals surface area contributed by atoms with Crippen LogP contribution in [-0.2, 0) is 10.8 Å². The molecule has 2 aliphatic rings. The normalized spacial score (nSPS) is 13.0. The SMILES string of the molecule is CC1(C)c2cc(-c3ccccc3)ccc2-c2ccc(N(c3ccc(-c4ccc(-n5c6ccccc6c6ccccc65)cc4)cc3)c3ccc(-c4cccc5c4oc4ccc(-c6cccc(-c7ccc8c(c7)C(C)(C)c7cc(N(c9ccc(-c%10cccc%11c%10oc%10ccccc%10%11)cc9)c9ccc(-n%10c%11ccccc%11c%11ccccc%11%10)cc9)ccc7-8)c6)cc45)cc3)cc21. The number of hydrogen-bond acceptors (Lipinski definition) is 4. The van der Waals surface area contributed by atoms with Gasteiger partial charge in [0.25, 0.3) is 0 Å². The fraction of sp³-hybridized carbons (Fsp3) is 0.0500. The van der Waals surface area contributed by atoms with Crippen molar-refractivity contribution in [3.63, 3.8) is 0 Å². The Balaban J connectivity index is 0.518. The van der Waals surface area contributed by atoms with Gasteiger partial charge in [-0.05, 0) is 258 Å². The number of benzene rings is 19. The summed E-state index contributed by atoms with van der Waals surface area (Å²) in [7, 11) is 0. The Morgan fingerprint density at radius 3 is 0.952 bits per heavy atom. The van der Waals surface area contributed by atoms with E-state index in [0.717, 1.165) is 139 Å². The predicted octanol–water partition coefficient (Wildman–Crippen LogP) is 33.2. The molecule has 25 rings (SSSR count). The second-order valence-electron chi connectivity index (χ2n) is 35.1. The molecule has 0 fully saturated rings. The van der Waals surface area contributed by atoms with Crippen molar-refractivity contribution < 1.29 is 8.83 Å². The lowest BCUT2D eigenvalue weighted by atomic mass is 9.81. The van der Waals surface area contributed by atoms with Crippen LogP contribution >= 0.6 is 0 Å². The zero-order chi connectivity index (χ0) is 83.6. The van der Waals surface area contributed by atoms with E-state index in [1.54, 1.807) is 0 Å². The molecule has 23 aromatic rings. The van der Waals surface area contributed by atoms with Crippen LogP contribution in [0, 0.1) is 0 Å². The van der Waals surface area contributed by atoms with Crippen LogP contribution in [0.25, 0.3) is 188 Å². The van der Waals surface area contributed by atoms with Gasteiger partial charge in [0.1, 0.15) is 22.3 Å². The largest absolute Gasteiger partial charge is 0.455 e. The van der Waals surface area contributed by atoms with E-state index in [2.05, 4.69) is 465 Å². The van der Waals surface area contributed by atoms with E-state index in [4.69, 9.17) is 8.83 Å². The molecule has 0 saturated heterocycles. The van der Waals surface area contributed by atoms with E-state index in [9.17, 15) is 0 Å². The third-order valence-electron chi connectivity index (χ3n) is 27.4. The molecule has 4 aromatic heterocycles. The van der Waals surface area contributed by atoms with Crippen LogP contribution in [0.5, 0.6) is 0 Å². The van der Waals surface area contributed by atoms with Crippen molar-refractivity contribution in [1.29, 1.82) is 0 Å². The lowest BCUT2D eigenvalue weighted by Crippen LogP contribution is -2.16. The molecule has 4 heterocycles. The summed E-state index contributed by atoms with van der Waals surface area (Å²) in [6.07, 6.45) is 0. The number of nitrogens with zero attached hydrogens (tertiary/aromatic N) is 4. The third-order valence-corrected chi connectivity index (χ3v) is 27.4. The fourth-order valence-electron chi connectivity index (χ4n) is 21.0. The maximum Gasteiger partial charge on any atom is 0.143 e. The number of para-hydroxylation sites is 7. The summed E-state index contributed by atoms with van der Waals surface area (Å²) < 4.78 is 18.3. The van der Waals surface area contributed by atoms with Crippen molar-refractivity contribution in [2.24, 2.45) is 0 Å². The summed E-state index contributed by atoms with van der Waals surface area (Å²) in [5.41, 5.74) is 40.4. The smallest absolute Gasteiger partial charge is 0.143 e. The molecule has 19 aromatic carbocycles. The molecular formula is C120H82N4O2. The summed E-state index contributed by atoms with van der Waals surface area (Å²) in [4.78, 5) is 4.83. The first kappa shape index (κ1) is 72.8. The van der Waals surface area contributed by atoms with Crippen molar-refractivity contribution in [3.05, 3.63) is 447 Å². The standard InChI is InChI=1S/C120H82N4O2/c1-119(2)107-71-83(75-21-6-5-7-22-75)47-64-95(107)97-66-62-91(73-109(97)119)121(85-50-39-76(40-51-85)77-41-52-89(53-42-77)123-111-34-13-8-25-99(111)100-26-9-14-35-112(100)123)86-54-45-79(46-55-86)94-31-20-33-105-106-70-82(49-68-116(106)126-118(94)105)80-23-18-24-81(69-80)84-48-65-96-98-67-63-92(74-110(98)120(3,4)108(96)72-84)122(87-56-43-78(44-57-87)93-30-19-32-104-103-29-12-17-38-115(103)125-117(93)104)88-58-60-90(61-59-88)124-113-36-15-10-27-101(113)102-28-11-16-37-114(102)124/h5-74H,1-4H3. The molecule has 6 heteroatoms. The van der Waals surface area contributed by atoms with Gasteiger partial charge in [-0.15, -0.1) is 0 Å². The van der Waals surface area contributed by atoms with Gasteiger partial charge in [0.15, 0.2) is 0 Å². The molecule has 0 unspecified atom stereocenters. The number of hydrogen-bond donors (Lipinski definition) is 0. The minimum atomic E-state index is -0.326. The van der Waals surface area contributed by atoms with Crippen molar-refractivity contribution in [1.82, 2.24) is 9.13 Å². The number of anilines is 6. The highest BCUT2D eigenvalue weighted by molar-refractivity contribution is 6.14. The minimum absolute atomic E-state index is 0.248. The van der Waals surface area contributed by atoms with Crippen LogP contribution in [0.1, 0.15) is 49.9 Å². The lowest BCUT2D eigenvalue weighted by Gasteiger charge is -2.28. The maximum absolute atomic E-state index is 6.98. The van der Waals surface area contributed by atoms with Crippen LogP contribution < -0.4 is 9.80 Å². The van der Waals surface area contributed by atoms with Gasteiger partial charge >= 0.3 is 0 Å². The van der Waals surface area contributed by atoms with Gasteiger partial charge in [-0.25, -0.2) is 0 Å². The Hall–Kier alpha value is -16.0. The predicted molar refractivity (Wildman–Crippen MR) is 527 cm³/mol. The Morgan fingerprint density at radius 2 is 0.484 bits per heavy atom. The van der Waals surface area contributed by atoms with Gasteiger partial charge in [0, 0.05) is 111 Å². The van der Waals surface area contributed by atoms with Crippen molar-refractivity contribution >= 4 is 122 Å². The van der Waals surface area contributed by atoms with Crippen LogP contribution in [0.15, 0.2) is 433 Å². The molecule has 2 aliphatic carbocycles. The molecule has 0 aliphatic heterocycles. The van der Waals surface area contributed by atoms with Gasteiger partial charge in [-0.3, -0.25) is 0 Å². The number of fused-ring (bicyclic) bond motifs is 18. The molecule has 0 saturated carbocycles. The van der Waals surface area contributed by atoms with E-state index >= 15 is 0 Å². The molecule has 126 heavy (non-hydrogen) atoms. The quantitative estimate of drug-likeness (QED) is 0.109. The highest BCUT2D eigenvalue weighted by Gasteiger charge is 2.39. The Kier molecular flexibility index (Phi) is 16.3. The number of furan rings is 2.